The molecule has 1 aromatic rings. The van der Waals surface area contributed by atoms with Gasteiger partial charge in [-0.3, -0.25) is 0 Å². The minimum absolute atomic E-state index is 0.816. The predicted molar refractivity (Wildman–Crippen MR) is 75.5 cm³/mol. The molecule has 0 unspecified atom stereocenters. The lowest BCUT2D eigenvalue weighted by Crippen LogP contribution is -2.08. The van der Waals surface area contributed by atoms with Crippen molar-refractivity contribution >= 4 is 21.7 Å². The third-order valence-corrected chi connectivity index (χ3v) is 3.48. The molecule has 0 aromatic carbocycles. The van der Waals surface area contributed by atoms with Crippen LogP contribution in [0.4, 0.5) is 5.82 Å². The maximum atomic E-state index is 5.49. The number of rotatable bonds is 8. The molecule has 0 aliphatic carbocycles. The highest BCUT2D eigenvalue weighted by molar-refractivity contribution is 9.10. The summed E-state index contributed by atoms with van der Waals surface area (Å²) in [5.41, 5.74) is 1.20. The molecule has 1 rings (SSSR count). The van der Waals surface area contributed by atoms with Gasteiger partial charge in [0.2, 0.25) is 0 Å². The summed E-state index contributed by atoms with van der Waals surface area (Å²) in [5, 5.41) is 3.31. The van der Waals surface area contributed by atoms with Crippen molar-refractivity contribution in [1.29, 1.82) is 0 Å². The Morgan fingerprint density at radius 3 is 2.88 bits per heavy atom. The Hall–Kier alpha value is -0.610. The van der Waals surface area contributed by atoms with Gasteiger partial charge in [-0.1, -0.05) is 13.3 Å². The Kier molecular flexibility index (Phi) is 7.21. The van der Waals surface area contributed by atoms with Crippen LogP contribution in [0.3, 0.4) is 0 Å². The molecule has 0 bridgehead atoms. The smallest absolute Gasteiger partial charge is 0.140 e. The molecule has 0 saturated carbocycles. The van der Waals surface area contributed by atoms with Crippen LogP contribution in [0, 0.1) is 6.92 Å². The standard InChI is InChI=1S/C13H21BrN2O/c1-3-4-9-17-10-5-7-15-13-12(14)11(2)6-8-16-13/h6,8H,3-5,7,9-10H2,1-2H3,(H,15,16). The third-order valence-electron chi connectivity index (χ3n) is 2.48. The fourth-order valence-corrected chi connectivity index (χ4v) is 1.77. The van der Waals surface area contributed by atoms with E-state index in [4.69, 9.17) is 4.74 Å². The molecule has 0 radical (unpaired) electrons. The summed E-state index contributed by atoms with van der Waals surface area (Å²) in [7, 11) is 0. The molecule has 1 aromatic heterocycles. The fraction of sp³-hybridized carbons (Fsp3) is 0.615. The van der Waals surface area contributed by atoms with Gasteiger partial charge in [-0.15, -0.1) is 0 Å². The first kappa shape index (κ1) is 14.5. The predicted octanol–water partition coefficient (Wildman–Crippen LogP) is 3.77. The second kappa shape index (κ2) is 8.48. The molecule has 0 amide bonds. The van der Waals surface area contributed by atoms with Gasteiger partial charge in [0.15, 0.2) is 0 Å². The Morgan fingerprint density at radius 2 is 2.12 bits per heavy atom. The van der Waals surface area contributed by atoms with E-state index in [1.54, 1.807) is 0 Å². The van der Waals surface area contributed by atoms with E-state index in [2.05, 4.69) is 40.1 Å². The van der Waals surface area contributed by atoms with Crippen molar-refractivity contribution in [1.82, 2.24) is 4.98 Å². The van der Waals surface area contributed by atoms with Crippen molar-refractivity contribution in [2.24, 2.45) is 0 Å². The summed E-state index contributed by atoms with van der Waals surface area (Å²) in [6, 6.07) is 1.99. The van der Waals surface area contributed by atoms with E-state index in [1.807, 2.05) is 12.3 Å². The van der Waals surface area contributed by atoms with Gasteiger partial charge < -0.3 is 10.1 Å². The van der Waals surface area contributed by atoms with Gasteiger partial charge in [0.1, 0.15) is 5.82 Å². The van der Waals surface area contributed by atoms with Gasteiger partial charge >= 0.3 is 0 Å². The molecule has 0 saturated heterocycles. The molecule has 3 nitrogen and oxygen atoms in total. The van der Waals surface area contributed by atoms with Crippen LogP contribution < -0.4 is 5.32 Å². The topological polar surface area (TPSA) is 34.1 Å². The molecular formula is C13H21BrN2O. The molecule has 1 heterocycles. The zero-order valence-electron chi connectivity index (χ0n) is 10.6. The van der Waals surface area contributed by atoms with Crippen molar-refractivity contribution in [3.63, 3.8) is 0 Å². The Morgan fingerprint density at radius 1 is 1.35 bits per heavy atom. The SMILES string of the molecule is CCCCOCCCNc1nccc(C)c1Br. The highest BCUT2D eigenvalue weighted by Crippen LogP contribution is 2.22. The molecule has 0 atom stereocenters. The quantitative estimate of drug-likeness (QED) is 0.742. The molecule has 1 N–H and O–H groups in total. The molecule has 0 spiro atoms. The molecular weight excluding hydrogens is 280 g/mol. The highest BCUT2D eigenvalue weighted by atomic mass is 79.9. The lowest BCUT2D eigenvalue weighted by atomic mass is 10.3. The van der Waals surface area contributed by atoms with Crippen molar-refractivity contribution < 1.29 is 4.74 Å². The monoisotopic (exact) mass is 300 g/mol. The van der Waals surface area contributed by atoms with E-state index in [0.717, 1.165) is 42.9 Å². The van der Waals surface area contributed by atoms with E-state index >= 15 is 0 Å². The van der Waals surface area contributed by atoms with Gasteiger partial charge in [-0.2, -0.15) is 0 Å². The van der Waals surface area contributed by atoms with E-state index in [1.165, 1.54) is 12.0 Å². The molecule has 0 aliphatic rings. The molecule has 0 fully saturated rings. The van der Waals surface area contributed by atoms with Crippen LogP contribution in [0.1, 0.15) is 31.7 Å². The maximum Gasteiger partial charge on any atom is 0.140 e. The first-order chi connectivity index (χ1) is 8.25. The number of halogens is 1. The van der Waals surface area contributed by atoms with E-state index in [-0.39, 0.29) is 0 Å². The molecule has 17 heavy (non-hydrogen) atoms. The van der Waals surface area contributed by atoms with Gasteiger partial charge in [-0.25, -0.2) is 4.98 Å². The minimum Gasteiger partial charge on any atom is -0.381 e. The second-order valence-electron chi connectivity index (χ2n) is 4.04. The van der Waals surface area contributed by atoms with Crippen LogP contribution in [0.5, 0.6) is 0 Å². The number of pyridine rings is 1. The van der Waals surface area contributed by atoms with Crippen LogP contribution in [-0.4, -0.2) is 24.7 Å². The summed E-state index contributed by atoms with van der Waals surface area (Å²) in [6.45, 7) is 6.82. The third kappa shape index (κ3) is 5.50. The minimum atomic E-state index is 0.816. The van der Waals surface area contributed by atoms with Crippen LogP contribution in [0.15, 0.2) is 16.7 Å². The number of nitrogens with zero attached hydrogens (tertiary/aromatic N) is 1. The van der Waals surface area contributed by atoms with Gasteiger partial charge in [0.05, 0.1) is 4.47 Å². The van der Waals surface area contributed by atoms with Crippen molar-refractivity contribution in [2.45, 2.75) is 33.1 Å². The van der Waals surface area contributed by atoms with E-state index in [0.29, 0.717) is 0 Å². The number of anilines is 1. The first-order valence-corrected chi connectivity index (χ1v) is 6.97. The summed E-state index contributed by atoms with van der Waals surface area (Å²) in [5.74, 6) is 0.915. The summed E-state index contributed by atoms with van der Waals surface area (Å²) >= 11 is 3.53. The van der Waals surface area contributed by atoms with Crippen LogP contribution in [0.25, 0.3) is 0 Å². The van der Waals surface area contributed by atoms with E-state index in [9.17, 15) is 0 Å². The number of aryl methyl sites for hydroxylation is 1. The highest BCUT2D eigenvalue weighted by Gasteiger charge is 2.02. The number of unbranched alkanes of at least 4 members (excludes halogenated alkanes) is 1. The van der Waals surface area contributed by atoms with Crippen molar-refractivity contribution in [3.05, 3.63) is 22.3 Å². The number of aromatic nitrogens is 1. The van der Waals surface area contributed by atoms with E-state index < -0.39 is 0 Å². The number of nitrogens with one attached hydrogen (secondary N) is 1. The maximum absolute atomic E-state index is 5.49. The summed E-state index contributed by atoms with van der Waals surface area (Å²) in [4.78, 5) is 4.29. The fourth-order valence-electron chi connectivity index (χ4n) is 1.39. The average Bonchev–Trinajstić information content (AvgIpc) is 2.33. The summed E-state index contributed by atoms with van der Waals surface area (Å²) in [6.07, 6.45) is 5.17. The Balaban J connectivity index is 2.16. The average molecular weight is 301 g/mol. The normalized spacial score (nSPS) is 10.5. The van der Waals surface area contributed by atoms with Gasteiger partial charge in [0, 0.05) is 26.0 Å². The molecule has 96 valence electrons. The largest absolute Gasteiger partial charge is 0.381 e. The second-order valence-corrected chi connectivity index (χ2v) is 4.83. The van der Waals surface area contributed by atoms with Crippen molar-refractivity contribution in [3.8, 4) is 0 Å². The Labute approximate surface area is 112 Å². The zero-order valence-corrected chi connectivity index (χ0v) is 12.2. The molecule has 0 aliphatic heterocycles. The number of ether oxygens (including phenoxy) is 1. The summed E-state index contributed by atoms with van der Waals surface area (Å²) < 4.78 is 6.54. The lowest BCUT2D eigenvalue weighted by molar-refractivity contribution is 0.131. The zero-order chi connectivity index (χ0) is 12.5. The van der Waals surface area contributed by atoms with Crippen LogP contribution >= 0.6 is 15.9 Å². The van der Waals surface area contributed by atoms with Crippen LogP contribution in [-0.2, 0) is 4.74 Å². The van der Waals surface area contributed by atoms with Crippen LogP contribution in [0.2, 0.25) is 0 Å². The number of hydrogen-bond acceptors (Lipinski definition) is 3. The molecule has 4 heteroatoms. The first-order valence-electron chi connectivity index (χ1n) is 6.18. The lowest BCUT2D eigenvalue weighted by Gasteiger charge is -2.09. The van der Waals surface area contributed by atoms with Crippen molar-refractivity contribution in [2.75, 3.05) is 25.1 Å². The number of hydrogen-bond donors (Lipinski definition) is 1. The van der Waals surface area contributed by atoms with Gasteiger partial charge in [0.25, 0.3) is 0 Å². The Bertz CT molecular complexity index is 331. The van der Waals surface area contributed by atoms with Gasteiger partial charge in [-0.05, 0) is 47.3 Å².